The third-order valence-electron chi connectivity index (χ3n) is 6.92. The summed E-state index contributed by atoms with van der Waals surface area (Å²) in [6.07, 6.45) is -3.74. The van der Waals surface area contributed by atoms with Gasteiger partial charge >= 0.3 is 12.2 Å². The van der Waals surface area contributed by atoms with Gasteiger partial charge in [0.05, 0.1) is 28.4 Å². The average Bonchev–Trinajstić information content (AvgIpc) is 3.37. The number of hydrogen-bond donors (Lipinski definition) is 3. The number of nitrogens with two attached hydrogens (primary N) is 1. The van der Waals surface area contributed by atoms with E-state index >= 15 is 0 Å². The van der Waals surface area contributed by atoms with Gasteiger partial charge in [0, 0.05) is 56.3 Å². The fraction of sp³-hybridized carbons (Fsp3) is 0.500. The molecular formula is C26H31ClF3N7O2. The van der Waals surface area contributed by atoms with Gasteiger partial charge in [-0.1, -0.05) is 11.6 Å². The highest BCUT2D eigenvalue weighted by Gasteiger charge is 2.35. The highest BCUT2D eigenvalue weighted by atomic mass is 35.5. The molecule has 2 atom stereocenters. The van der Waals surface area contributed by atoms with Crippen LogP contribution in [0.3, 0.4) is 0 Å². The number of alkyl halides is 3. The van der Waals surface area contributed by atoms with Crippen LogP contribution >= 0.6 is 11.6 Å². The number of pyridine rings is 1. The second-order valence-electron chi connectivity index (χ2n) is 9.72. The van der Waals surface area contributed by atoms with Crippen molar-refractivity contribution in [1.82, 2.24) is 25.6 Å². The molecular weight excluding hydrogens is 535 g/mol. The van der Waals surface area contributed by atoms with E-state index in [1.54, 1.807) is 6.07 Å². The number of hydrogen-bond acceptors (Lipinski definition) is 9. The molecule has 4 heterocycles. The fourth-order valence-electron chi connectivity index (χ4n) is 5.00. The summed E-state index contributed by atoms with van der Waals surface area (Å²) in [7, 11) is 0. The molecule has 2 aromatic heterocycles. The number of nitrogens with one attached hydrogen (secondary N) is 2. The zero-order chi connectivity index (χ0) is 27.6. The molecule has 0 aliphatic carbocycles. The monoisotopic (exact) mass is 565 g/mol. The normalized spacial score (nSPS) is 20.1. The first kappa shape index (κ1) is 27.6. The highest BCUT2D eigenvalue weighted by Crippen LogP contribution is 2.41. The lowest BCUT2D eigenvalue weighted by Crippen LogP contribution is -2.44. The van der Waals surface area contributed by atoms with Gasteiger partial charge in [-0.3, -0.25) is 0 Å². The summed E-state index contributed by atoms with van der Waals surface area (Å²) in [4.78, 5) is 15.4. The molecule has 0 saturated carbocycles. The molecule has 0 radical (unpaired) electrons. The Morgan fingerprint density at radius 3 is 2.67 bits per heavy atom. The Morgan fingerprint density at radius 2 is 1.92 bits per heavy atom. The zero-order valence-electron chi connectivity index (χ0n) is 21.5. The van der Waals surface area contributed by atoms with Crippen molar-refractivity contribution in [3.05, 3.63) is 34.9 Å². The Labute approximate surface area is 229 Å². The smallest absolute Gasteiger partial charge is 0.418 e. The second-order valence-corrected chi connectivity index (χ2v) is 10.1. The van der Waals surface area contributed by atoms with Gasteiger partial charge in [0.2, 0.25) is 0 Å². The van der Waals surface area contributed by atoms with Gasteiger partial charge in [0.1, 0.15) is 18.2 Å². The Kier molecular flexibility index (Phi) is 8.27. The lowest BCUT2D eigenvalue weighted by Gasteiger charge is -2.29. The fourth-order valence-corrected chi connectivity index (χ4v) is 5.25. The van der Waals surface area contributed by atoms with E-state index in [1.807, 2.05) is 6.92 Å². The summed E-state index contributed by atoms with van der Waals surface area (Å²) >= 11 is 6.58. The molecule has 9 nitrogen and oxygen atoms in total. The van der Waals surface area contributed by atoms with Crippen LogP contribution in [0.5, 0.6) is 6.01 Å². The minimum atomic E-state index is -4.64. The summed E-state index contributed by atoms with van der Waals surface area (Å²) in [5.41, 5.74) is 4.96. The zero-order valence-corrected chi connectivity index (χ0v) is 22.3. The number of nitrogen functional groups attached to an aromatic ring is 1. The Hall–Kier alpha value is -2.93. The van der Waals surface area contributed by atoms with Crippen molar-refractivity contribution in [2.75, 3.05) is 63.2 Å². The van der Waals surface area contributed by atoms with Crippen molar-refractivity contribution in [3.8, 4) is 17.3 Å². The van der Waals surface area contributed by atoms with Crippen LogP contribution in [0.2, 0.25) is 5.02 Å². The van der Waals surface area contributed by atoms with Crippen LogP contribution in [-0.2, 0) is 10.9 Å². The number of nitrogens with zero attached hydrogens (tertiary/aromatic N) is 4. The lowest BCUT2D eigenvalue weighted by atomic mass is 10.0. The van der Waals surface area contributed by atoms with Crippen LogP contribution in [0.4, 0.5) is 24.8 Å². The summed E-state index contributed by atoms with van der Waals surface area (Å²) in [5.74, 6) is 0.982. The predicted octanol–water partition coefficient (Wildman–Crippen LogP) is 3.75. The maximum Gasteiger partial charge on any atom is 0.418 e. The van der Waals surface area contributed by atoms with Gasteiger partial charge in [-0.25, -0.2) is 4.98 Å². The quantitative estimate of drug-likeness (QED) is 0.376. The highest BCUT2D eigenvalue weighted by molar-refractivity contribution is 6.34. The third-order valence-corrected chi connectivity index (χ3v) is 7.23. The van der Waals surface area contributed by atoms with Gasteiger partial charge < -0.3 is 30.7 Å². The first-order valence-corrected chi connectivity index (χ1v) is 13.4. The summed E-state index contributed by atoms with van der Waals surface area (Å²) in [6, 6.07) is 5.39. The number of benzene rings is 1. The Morgan fingerprint density at radius 1 is 1.13 bits per heavy atom. The largest absolute Gasteiger partial charge is 0.462 e. The molecule has 2 aliphatic rings. The summed E-state index contributed by atoms with van der Waals surface area (Å²) in [5, 5.41) is 7.46. The van der Waals surface area contributed by atoms with E-state index in [9.17, 15) is 13.2 Å². The molecule has 0 amide bonds. The number of fused-ring (bicyclic) bond motifs is 1. The number of ether oxygens (including phenoxy) is 2. The molecule has 0 spiro atoms. The lowest BCUT2D eigenvalue weighted by molar-refractivity contribution is -0.137. The predicted molar refractivity (Wildman–Crippen MR) is 144 cm³/mol. The summed E-state index contributed by atoms with van der Waals surface area (Å²) < 4.78 is 53.1. The van der Waals surface area contributed by atoms with Gasteiger partial charge in [-0.05, 0) is 43.5 Å². The molecule has 4 N–H and O–H groups in total. The first-order chi connectivity index (χ1) is 18.7. The SMILES string of the molecule is CCOC[C@H]1CN[C@H](COc2nc(N3CCNCC3)c3cc(Cl)c(-c4nc(N)ccc4C(F)(F)F)cc3n2)C1. The van der Waals surface area contributed by atoms with Crippen molar-refractivity contribution >= 4 is 34.1 Å². The van der Waals surface area contributed by atoms with Crippen molar-refractivity contribution in [2.24, 2.45) is 5.92 Å². The Bertz CT molecular complexity index is 1320. The van der Waals surface area contributed by atoms with Crippen LogP contribution in [0.25, 0.3) is 22.2 Å². The van der Waals surface area contributed by atoms with Crippen molar-refractivity contribution in [1.29, 1.82) is 0 Å². The number of piperazine rings is 1. The Balaban J connectivity index is 1.51. The molecule has 5 rings (SSSR count). The molecule has 39 heavy (non-hydrogen) atoms. The van der Waals surface area contributed by atoms with Crippen LogP contribution in [-0.4, -0.2) is 73.5 Å². The first-order valence-electron chi connectivity index (χ1n) is 13.0. The van der Waals surface area contributed by atoms with E-state index in [2.05, 4.69) is 25.5 Å². The minimum Gasteiger partial charge on any atom is -0.462 e. The standard InChI is InChI=1S/C26H31ClF3N7O2/c1-2-38-13-15-9-16(33-12-15)14-39-25-34-21-11-17(23-19(26(28,29)30)3-4-22(31)35-23)20(27)10-18(21)24(36-25)37-7-5-32-6-8-37/h3-4,10-11,15-16,32-33H,2,5-9,12-14H2,1H3,(H2,31,35)/t15-,16+/m1/s1. The molecule has 2 fully saturated rings. The van der Waals surface area contributed by atoms with E-state index < -0.39 is 11.7 Å². The summed E-state index contributed by atoms with van der Waals surface area (Å²) in [6.45, 7) is 7.47. The minimum absolute atomic E-state index is 0.0471. The molecule has 210 valence electrons. The van der Waals surface area contributed by atoms with Crippen LogP contribution in [0, 0.1) is 5.92 Å². The average molecular weight is 566 g/mol. The number of anilines is 2. The molecule has 13 heteroatoms. The van der Waals surface area contributed by atoms with Gasteiger partial charge in [-0.15, -0.1) is 0 Å². The van der Waals surface area contributed by atoms with Crippen molar-refractivity contribution < 1.29 is 22.6 Å². The maximum atomic E-state index is 13.8. The van der Waals surface area contributed by atoms with Crippen LogP contribution < -0.4 is 26.0 Å². The van der Waals surface area contributed by atoms with Crippen LogP contribution in [0.1, 0.15) is 18.9 Å². The van der Waals surface area contributed by atoms with Gasteiger partial charge in [-0.2, -0.15) is 23.1 Å². The maximum absolute atomic E-state index is 13.8. The van der Waals surface area contributed by atoms with Crippen molar-refractivity contribution in [3.63, 3.8) is 0 Å². The van der Waals surface area contributed by atoms with E-state index in [0.29, 0.717) is 55.5 Å². The molecule has 3 aromatic rings. The van der Waals surface area contributed by atoms with E-state index in [-0.39, 0.29) is 34.2 Å². The molecule has 0 unspecified atom stereocenters. The third kappa shape index (κ3) is 6.29. The van der Waals surface area contributed by atoms with Crippen LogP contribution in [0.15, 0.2) is 24.3 Å². The molecule has 2 saturated heterocycles. The second kappa shape index (κ2) is 11.7. The molecule has 0 bridgehead atoms. The number of rotatable bonds is 8. The van der Waals surface area contributed by atoms with E-state index in [4.69, 9.17) is 31.8 Å². The van der Waals surface area contributed by atoms with Crippen molar-refractivity contribution in [2.45, 2.75) is 25.6 Å². The topological polar surface area (TPSA) is 110 Å². The van der Waals surface area contributed by atoms with Gasteiger partial charge in [0.25, 0.3) is 0 Å². The molecule has 2 aliphatic heterocycles. The van der Waals surface area contributed by atoms with E-state index in [1.165, 1.54) is 6.07 Å². The number of aromatic nitrogens is 3. The van der Waals surface area contributed by atoms with E-state index in [0.717, 1.165) is 38.2 Å². The number of halogens is 4. The molecule has 1 aromatic carbocycles. The van der Waals surface area contributed by atoms with Gasteiger partial charge in [0.15, 0.2) is 0 Å².